The van der Waals surface area contributed by atoms with Gasteiger partial charge in [-0.3, -0.25) is 4.90 Å². The normalized spacial score (nSPS) is 16.8. The lowest BCUT2D eigenvalue weighted by atomic mass is 10.0. The highest BCUT2D eigenvalue weighted by Gasteiger charge is 2.20. The Morgan fingerprint density at radius 1 is 1.31 bits per heavy atom. The summed E-state index contributed by atoms with van der Waals surface area (Å²) in [5.41, 5.74) is 2.23. The van der Waals surface area contributed by atoms with E-state index in [-0.39, 0.29) is 0 Å². The number of rotatable bonds is 9. The summed E-state index contributed by atoms with van der Waals surface area (Å²) in [5, 5.41) is 6.65. The first-order valence-corrected chi connectivity index (χ1v) is 11.8. The molecular weight excluding hydrogens is 404 g/mol. The molecule has 1 N–H and O–H groups in total. The minimum absolute atomic E-state index is 0.557. The third-order valence-electron chi connectivity index (χ3n) is 5.18. The van der Waals surface area contributed by atoms with Gasteiger partial charge in [0.05, 0.1) is 5.69 Å². The number of hydrogen-bond acceptors (Lipinski definition) is 5. The van der Waals surface area contributed by atoms with Crippen molar-refractivity contribution in [1.29, 1.82) is 0 Å². The average molecular weight is 437 g/mol. The lowest BCUT2D eigenvalue weighted by Crippen LogP contribution is -2.44. The lowest BCUT2D eigenvalue weighted by molar-refractivity contribution is 0.178. The molecule has 0 atom stereocenters. The first-order valence-electron chi connectivity index (χ1n) is 10.5. The fraction of sp³-hybridized carbons (Fsp3) is 0.591. The zero-order chi connectivity index (χ0) is 20.6. The summed E-state index contributed by atoms with van der Waals surface area (Å²) < 4.78 is 7.62. The maximum Gasteiger partial charge on any atom is 0.190 e. The van der Waals surface area contributed by atoms with Crippen LogP contribution in [0, 0.1) is 0 Å². The molecule has 29 heavy (non-hydrogen) atoms. The van der Waals surface area contributed by atoms with Crippen molar-refractivity contribution in [3.63, 3.8) is 0 Å². The number of nitrogens with zero attached hydrogens (tertiary/aromatic N) is 3. The van der Waals surface area contributed by atoms with E-state index in [1.807, 2.05) is 24.3 Å². The standard InChI is InChI=1S/C22H33ClN4OS/c1-17(2)24-19-8-11-26(12-9-19)15-21-16-29-22(27(21)10-5-13-28-3)25-20-7-4-6-18(23)14-20/h4,6-7,14,16-17,19,24H,5,8-13,15H2,1-3H3. The molecule has 0 amide bonds. The summed E-state index contributed by atoms with van der Waals surface area (Å²) in [4.78, 5) is 8.46. The predicted octanol–water partition coefficient (Wildman–Crippen LogP) is 4.43. The smallest absolute Gasteiger partial charge is 0.190 e. The van der Waals surface area contributed by atoms with E-state index in [1.54, 1.807) is 18.4 Å². The molecule has 1 fully saturated rings. The van der Waals surface area contributed by atoms with Crippen molar-refractivity contribution >= 4 is 28.6 Å². The maximum atomic E-state index is 6.14. The zero-order valence-electron chi connectivity index (χ0n) is 17.7. The highest BCUT2D eigenvalue weighted by molar-refractivity contribution is 7.07. The van der Waals surface area contributed by atoms with Crippen molar-refractivity contribution in [1.82, 2.24) is 14.8 Å². The Bertz CT molecular complexity index is 824. The lowest BCUT2D eigenvalue weighted by Gasteiger charge is -2.33. The van der Waals surface area contributed by atoms with Gasteiger partial charge in [-0.2, -0.15) is 0 Å². The van der Waals surface area contributed by atoms with Gasteiger partial charge in [-0.25, -0.2) is 4.99 Å². The van der Waals surface area contributed by atoms with Crippen LogP contribution in [-0.4, -0.2) is 48.4 Å². The number of hydrogen-bond donors (Lipinski definition) is 1. The first-order chi connectivity index (χ1) is 14.0. The van der Waals surface area contributed by atoms with Crippen LogP contribution in [0.4, 0.5) is 5.69 Å². The molecule has 0 radical (unpaired) electrons. The predicted molar refractivity (Wildman–Crippen MR) is 122 cm³/mol. The molecule has 1 aromatic carbocycles. The van der Waals surface area contributed by atoms with Crippen LogP contribution >= 0.6 is 22.9 Å². The highest BCUT2D eigenvalue weighted by atomic mass is 35.5. The van der Waals surface area contributed by atoms with Crippen molar-refractivity contribution in [3.05, 3.63) is 45.2 Å². The number of aromatic nitrogens is 1. The monoisotopic (exact) mass is 436 g/mol. The van der Waals surface area contributed by atoms with Crippen LogP contribution in [0.25, 0.3) is 0 Å². The number of likely N-dealkylation sites (tertiary alicyclic amines) is 1. The van der Waals surface area contributed by atoms with E-state index in [4.69, 9.17) is 21.3 Å². The molecule has 3 rings (SSSR count). The van der Waals surface area contributed by atoms with Crippen molar-refractivity contribution in [2.24, 2.45) is 4.99 Å². The van der Waals surface area contributed by atoms with E-state index in [0.29, 0.717) is 17.1 Å². The fourth-order valence-corrected chi connectivity index (χ4v) is 4.92. The van der Waals surface area contributed by atoms with Crippen LogP contribution in [0.3, 0.4) is 0 Å². The summed E-state index contributed by atoms with van der Waals surface area (Å²) in [7, 11) is 1.76. The van der Waals surface area contributed by atoms with Crippen LogP contribution in [0.1, 0.15) is 38.8 Å². The van der Waals surface area contributed by atoms with Gasteiger partial charge < -0.3 is 14.6 Å². The fourth-order valence-electron chi connectivity index (χ4n) is 3.80. The molecule has 1 aliphatic rings. The van der Waals surface area contributed by atoms with Gasteiger partial charge >= 0.3 is 0 Å². The van der Waals surface area contributed by atoms with Crippen LogP contribution in [0.15, 0.2) is 34.6 Å². The summed E-state index contributed by atoms with van der Waals surface area (Å²) in [6, 6.07) is 8.94. The Morgan fingerprint density at radius 3 is 2.79 bits per heavy atom. The quantitative estimate of drug-likeness (QED) is 0.591. The third kappa shape index (κ3) is 6.93. The summed E-state index contributed by atoms with van der Waals surface area (Å²) in [5.74, 6) is 0. The Morgan fingerprint density at radius 2 is 2.10 bits per heavy atom. The van der Waals surface area contributed by atoms with Gasteiger partial charge in [0, 0.05) is 68.1 Å². The second kappa shape index (κ2) is 11.3. The third-order valence-corrected chi connectivity index (χ3v) is 6.33. The van der Waals surface area contributed by atoms with Gasteiger partial charge in [0.15, 0.2) is 4.80 Å². The van der Waals surface area contributed by atoms with Gasteiger partial charge in [0.25, 0.3) is 0 Å². The molecule has 5 nitrogen and oxygen atoms in total. The molecule has 7 heteroatoms. The molecule has 1 aromatic heterocycles. The molecule has 0 aliphatic carbocycles. The molecular formula is C22H33ClN4OS. The molecule has 1 aliphatic heterocycles. The van der Waals surface area contributed by atoms with E-state index in [9.17, 15) is 0 Å². The minimum atomic E-state index is 0.557. The van der Waals surface area contributed by atoms with E-state index in [0.717, 1.165) is 49.7 Å². The minimum Gasteiger partial charge on any atom is -0.385 e. The molecule has 0 unspecified atom stereocenters. The van der Waals surface area contributed by atoms with E-state index in [1.165, 1.54) is 18.5 Å². The number of methoxy groups -OCH3 is 1. The Kier molecular flexibility index (Phi) is 8.75. The topological polar surface area (TPSA) is 41.8 Å². The number of halogens is 1. The zero-order valence-corrected chi connectivity index (χ0v) is 19.3. The molecule has 0 saturated carbocycles. The second-order valence-corrected chi connectivity index (χ2v) is 9.24. The van der Waals surface area contributed by atoms with Crippen LogP contribution < -0.4 is 10.1 Å². The van der Waals surface area contributed by atoms with Gasteiger partial charge in [-0.05, 0) is 37.5 Å². The van der Waals surface area contributed by atoms with Crippen LogP contribution in [0.5, 0.6) is 0 Å². The maximum absolute atomic E-state index is 6.14. The first kappa shape index (κ1) is 22.5. The molecule has 1 saturated heterocycles. The van der Waals surface area contributed by atoms with Crippen molar-refractivity contribution in [3.8, 4) is 0 Å². The molecule has 0 spiro atoms. The van der Waals surface area contributed by atoms with Gasteiger partial charge in [-0.15, -0.1) is 11.3 Å². The molecule has 0 bridgehead atoms. The van der Waals surface area contributed by atoms with E-state index in [2.05, 4.69) is 34.0 Å². The van der Waals surface area contributed by atoms with Crippen LogP contribution in [-0.2, 0) is 17.8 Å². The largest absolute Gasteiger partial charge is 0.385 e. The summed E-state index contributed by atoms with van der Waals surface area (Å²) >= 11 is 7.84. The van der Waals surface area contributed by atoms with Crippen molar-refractivity contribution in [2.75, 3.05) is 26.8 Å². The average Bonchev–Trinajstić information content (AvgIpc) is 3.04. The highest BCUT2D eigenvalue weighted by Crippen LogP contribution is 2.19. The summed E-state index contributed by atoms with van der Waals surface area (Å²) in [6.07, 6.45) is 3.40. The Labute approximate surface area is 183 Å². The molecule has 2 heterocycles. The second-order valence-electron chi connectivity index (χ2n) is 7.97. The number of piperidine rings is 1. The van der Waals surface area contributed by atoms with Gasteiger partial charge in [-0.1, -0.05) is 31.5 Å². The van der Waals surface area contributed by atoms with E-state index >= 15 is 0 Å². The number of ether oxygens (including phenoxy) is 1. The van der Waals surface area contributed by atoms with Crippen molar-refractivity contribution < 1.29 is 4.74 Å². The summed E-state index contributed by atoms with van der Waals surface area (Å²) in [6.45, 7) is 9.38. The van der Waals surface area contributed by atoms with Crippen molar-refractivity contribution in [2.45, 2.75) is 58.3 Å². The Balaban J connectivity index is 1.74. The van der Waals surface area contributed by atoms with Gasteiger partial charge in [0.1, 0.15) is 0 Å². The van der Waals surface area contributed by atoms with E-state index < -0.39 is 0 Å². The van der Waals surface area contributed by atoms with Gasteiger partial charge in [0.2, 0.25) is 0 Å². The molecule has 160 valence electrons. The number of benzene rings is 1. The SMILES string of the molecule is COCCCn1c(CN2CCC(NC(C)C)CC2)csc1=Nc1cccc(Cl)c1. The molecule has 2 aromatic rings. The number of nitrogens with one attached hydrogen (secondary N) is 1. The number of thiazole rings is 1. The van der Waals surface area contributed by atoms with Crippen LogP contribution in [0.2, 0.25) is 5.02 Å². The Hall–Kier alpha value is -1.18.